The number of ether oxygens (including phenoxy) is 4. The van der Waals surface area contributed by atoms with E-state index in [0.717, 1.165) is 16.9 Å². The van der Waals surface area contributed by atoms with E-state index in [-0.39, 0.29) is 5.56 Å². The Hall–Kier alpha value is -4.21. The monoisotopic (exact) mass is 492 g/mol. The summed E-state index contributed by atoms with van der Waals surface area (Å²) in [5, 5.41) is 0. The van der Waals surface area contributed by atoms with Crippen LogP contribution in [0.3, 0.4) is 0 Å². The van der Waals surface area contributed by atoms with E-state index in [1.165, 1.54) is 31.4 Å². The molecule has 2 N–H and O–H groups in total. The minimum Gasteiger partial charge on any atom is -0.491 e. The largest absolute Gasteiger partial charge is 0.491 e. The highest BCUT2D eigenvalue weighted by Crippen LogP contribution is 2.23. The van der Waals surface area contributed by atoms with Crippen LogP contribution in [-0.4, -0.2) is 58.4 Å². The van der Waals surface area contributed by atoms with Crippen molar-refractivity contribution in [2.24, 2.45) is 0 Å². The van der Waals surface area contributed by atoms with Crippen molar-refractivity contribution in [3.63, 3.8) is 0 Å². The molecule has 0 saturated heterocycles. The molecule has 9 heteroatoms. The average molecular weight is 493 g/mol. The van der Waals surface area contributed by atoms with Crippen molar-refractivity contribution in [3.8, 4) is 16.9 Å². The lowest BCUT2D eigenvalue weighted by Crippen LogP contribution is -2.41. The quantitative estimate of drug-likeness (QED) is 0.240. The first-order valence-corrected chi connectivity index (χ1v) is 11.2. The standard InChI is InChI=1S/C27H28N2O7/c1-33-15-16-35-17-18-36-24-13-11-20(12-14-24)19-3-5-21(6-4-19)25(30)28-29-26(31)22-7-9-23(10-8-22)27(32)34-2/h3-14H,15-18H2,1-2H3,(H,28,30)(H,29,31). The molecule has 188 valence electrons. The Kier molecular flexibility index (Phi) is 9.99. The number of hydrogen-bond donors (Lipinski definition) is 2. The minimum atomic E-state index is -0.514. The third-order valence-electron chi connectivity index (χ3n) is 5.12. The average Bonchev–Trinajstić information content (AvgIpc) is 2.93. The van der Waals surface area contributed by atoms with Gasteiger partial charge in [0.2, 0.25) is 0 Å². The number of esters is 1. The number of hydrazine groups is 1. The van der Waals surface area contributed by atoms with Crippen LogP contribution in [0.5, 0.6) is 5.75 Å². The molecule has 0 aromatic heterocycles. The first kappa shape index (κ1) is 26.4. The summed E-state index contributed by atoms with van der Waals surface area (Å²) >= 11 is 0. The number of methoxy groups -OCH3 is 2. The van der Waals surface area contributed by atoms with Gasteiger partial charge in [0, 0.05) is 18.2 Å². The van der Waals surface area contributed by atoms with E-state index in [9.17, 15) is 14.4 Å². The first-order valence-electron chi connectivity index (χ1n) is 11.2. The molecule has 0 aliphatic heterocycles. The zero-order valence-electron chi connectivity index (χ0n) is 20.1. The van der Waals surface area contributed by atoms with Crippen LogP contribution in [0, 0.1) is 0 Å². The van der Waals surface area contributed by atoms with Gasteiger partial charge in [0.25, 0.3) is 11.8 Å². The summed E-state index contributed by atoms with van der Waals surface area (Å²) in [5.74, 6) is -0.735. The lowest BCUT2D eigenvalue weighted by molar-refractivity contribution is 0.0544. The first-order chi connectivity index (χ1) is 17.5. The van der Waals surface area contributed by atoms with Crippen molar-refractivity contribution >= 4 is 17.8 Å². The predicted molar refractivity (Wildman–Crippen MR) is 133 cm³/mol. The number of hydrogen-bond acceptors (Lipinski definition) is 7. The van der Waals surface area contributed by atoms with Crippen LogP contribution in [0.25, 0.3) is 11.1 Å². The Morgan fingerprint density at radius 2 is 1.08 bits per heavy atom. The maximum Gasteiger partial charge on any atom is 0.337 e. The van der Waals surface area contributed by atoms with Crippen LogP contribution >= 0.6 is 0 Å². The van der Waals surface area contributed by atoms with Crippen molar-refractivity contribution in [1.82, 2.24) is 10.9 Å². The van der Waals surface area contributed by atoms with Crippen LogP contribution < -0.4 is 15.6 Å². The number of nitrogens with one attached hydrogen (secondary N) is 2. The fourth-order valence-electron chi connectivity index (χ4n) is 3.15. The second-order valence-electron chi connectivity index (χ2n) is 7.53. The molecule has 2 amide bonds. The van der Waals surface area contributed by atoms with E-state index in [1.807, 2.05) is 36.4 Å². The lowest BCUT2D eigenvalue weighted by atomic mass is 10.0. The Morgan fingerprint density at radius 1 is 0.611 bits per heavy atom. The molecule has 36 heavy (non-hydrogen) atoms. The zero-order chi connectivity index (χ0) is 25.8. The van der Waals surface area contributed by atoms with Crippen LogP contribution in [0.15, 0.2) is 72.8 Å². The normalized spacial score (nSPS) is 10.4. The van der Waals surface area contributed by atoms with Gasteiger partial charge in [0.05, 0.1) is 32.5 Å². The molecule has 0 spiro atoms. The molecule has 0 radical (unpaired) electrons. The Balaban J connectivity index is 1.48. The molecule has 0 aliphatic rings. The molecule has 3 rings (SSSR count). The second-order valence-corrected chi connectivity index (χ2v) is 7.53. The SMILES string of the molecule is COCCOCCOc1ccc(-c2ccc(C(=O)NNC(=O)c3ccc(C(=O)OC)cc3)cc2)cc1. The zero-order valence-corrected chi connectivity index (χ0v) is 20.1. The highest BCUT2D eigenvalue weighted by Gasteiger charge is 2.11. The smallest absolute Gasteiger partial charge is 0.337 e. The van der Waals surface area contributed by atoms with E-state index in [2.05, 4.69) is 15.6 Å². The lowest BCUT2D eigenvalue weighted by Gasteiger charge is -2.09. The molecule has 9 nitrogen and oxygen atoms in total. The number of carbonyl (C=O) groups is 3. The molecule has 0 atom stereocenters. The van der Waals surface area contributed by atoms with E-state index >= 15 is 0 Å². The highest BCUT2D eigenvalue weighted by atomic mass is 16.5. The van der Waals surface area contributed by atoms with Gasteiger partial charge in [-0.25, -0.2) is 4.79 Å². The Labute approximate surface area is 209 Å². The number of rotatable bonds is 11. The van der Waals surface area contributed by atoms with Gasteiger partial charge in [-0.3, -0.25) is 20.4 Å². The molecule has 0 saturated carbocycles. The predicted octanol–water partition coefficient (Wildman–Crippen LogP) is 3.26. The number of benzene rings is 3. The van der Waals surface area contributed by atoms with Gasteiger partial charge in [-0.2, -0.15) is 0 Å². The molecule has 0 fully saturated rings. The molecular weight excluding hydrogens is 464 g/mol. The van der Waals surface area contributed by atoms with Crippen molar-refractivity contribution in [3.05, 3.63) is 89.5 Å². The van der Waals surface area contributed by atoms with Gasteiger partial charge in [0.1, 0.15) is 12.4 Å². The molecular formula is C27H28N2O7. The summed E-state index contributed by atoms with van der Waals surface area (Å²) in [7, 11) is 2.91. The summed E-state index contributed by atoms with van der Waals surface area (Å²) in [5.41, 5.74) is 7.62. The molecule has 0 aliphatic carbocycles. The van der Waals surface area contributed by atoms with Gasteiger partial charge in [-0.05, 0) is 59.7 Å². The third kappa shape index (κ3) is 7.66. The maximum atomic E-state index is 12.4. The van der Waals surface area contributed by atoms with Crippen LogP contribution in [0.2, 0.25) is 0 Å². The van der Waals surface area contributed by atoms with E-state index in [0.29, 0.717) is 37.6 Å². The van der Waals surface area contributed by atoms with Crippen molar-refractivity contribution < 1.29 is 33.3 Å². The van der Waals surface area contributed by atoms with Crippen molar-refractivity contribution in [2.45, 2.75) is 0 Å². The summed E-state index contributed by atoms with van der Waals surface area (Å²) in [6.45, 7) is 2.02. The molecule has 0 bridgehead atoms. The summed E-state index contributed by atoms with van der Waals surface area (Å²) in [6, 6.07) is 20.5. The van der Waals surface area contributed by atoms with Crippen LogP contribution in [0.4, 0.5) is 0 Å². The topological polar surface area (TPSA) is 112 Å². The fourth-order valence-corrected chi connectivity index (χ4v) is 3.15. The van der Waals surface area contributed by atoms with Gasteiger partial charge in [-0.15, -0.1) is 0 Å². The van der Waals surface area contributed by atoms with Crippen molar-refractivity contribution in [2.75, 3.05) is 40.6 Å². The fraction of sp³-hybridized carbons (Fsp3) is 0.222. The van der Waals surface area contributed by atoms with Crippen molar-refractivity contribution in [1.29, 1.82) is 0 Å². The summed E-state index contributed by atoms with van der Waals surface area (Å²) < 4.78 is 20.6. The second kappa shape index (κ2) is 13.6. The molecule has 0 heterocycles. The Bertz CT molecular complexity index is 1140. The molecule has 3 aromatic carbocycles. The maximum absolute atomic E-state index is 12.4. The molecule has 3 aromatic rings. The highest BCUT2D eigenvalue weighted by molar-refractivity contribution is 6.00. The summed E-state index contributed by atoms with van der Waals surface area (Å²) in [4.78, 5) is 36.2. The van der Waals surface area contributed by atoms with Gasteiger partial charge < -0.3 is 18.9 Å². The van der Waals surface area contributed by atoms with Gasteiger partial charge in [-0.1, -0.05) is 24.3 Å². The van der Waals surface area contributed by atoms with E-state index in [4.69, 9.17) is 14.2 Å². The van der Waals surface area contributed by atoms with Gasteiger partial charge >= 0.3 is 5.97 Å². The van der Waals surface area contributed by atoms with Gasteiger partial charge in [0.15, 0.2) is 0 Å². The van der Waals surface area contributed by atoms with Crippen LogP contribution in [0.1, 0.15) is 31.1 Å². The Morgan fingerprint density at radius 3 is 1.61 bits per heavy atom. The number of amides is 2. The summed E-state index contributed by atoms with van der Waals surface area (Å²) in [6.07, 6.45) is 0. The third-order valence-corrected chi connectivity index (χ3v) is 5.12. The minimum absolute atomic E-state index is 0.282. The number of carbonyl (C=O) groups excluding carboxylic acids is 3. The van der Waals surface area contributed by atoms with Crippen LogP contribution in [-0.2, 0) is 14.2 Å². The molecule has 0 unspecified atom stereocenters. The van der Waals surface area contributed by atoms with E-state index < -0.39 is 17.8 Å². The van der Waals surface area contributed by atoms with E-state index in [1.54, 1.807) is 19.2 Å².